The minimum atomic E-state index is 0.548. The van der Waals surface area contributed by atoms with E-state index in [1.54, 1.807) is 11.3 Å². The van der Waals surface area contributed by atoms with Crippen LogP contribution in [0.5, 0.6) is 0 Å². The van der Waals surface area contributed by atoms with Crippen LogP contribution in [-0.2, 0) is 6.42 Å². The van der Waals surface area contributed by atoms with Crippen LogP contribution in [0, 0.1) is 11.3 Å². The lowest BCUT2D eigenvalue weighted by Gasteiger charge is -2.33. The van der Waals surface area contributed by atoms with Gasteiger partial charge in [-0.2, -0.15) is 5.26 Å². The molecule has 86 valence electrons. The van der Waals surface area contributed by atoms with Crippen LogP contribution in [0.2, 0.25) is 0 Å². The Morgan fingerprint density at radius 3 is 2.75 bits per heavy atom. The molecular weight excluding hydrogens is 220 g/mol. The standard InChI is InChI=1S/C11H16N4S/c1-2-10-9-16-11(13-10)15-7-5-14(4-3-12)6-8-15/h9H,2,4-8H2,1H3. The molecule has 0 atom stereocenters. The normalized spacial score (nSPS) is 17.4. The van der Waals surface area contributed by atoms with Crippen LogP contribution in [0.4, 0.5) is 5.13 Å². The molecule has 0 unspecified atom stereocenters. The largest absolute Gasteiger partial charge is 0.346 e. The number of piperazine rings is 1. The highest BCUT2D eigenvalue weighted by molar-refractivity contribution is 7.13. The Morgan fingerprint density at radius 1 is 1.44 bits per heavy atom. The molecule has 0 amide bonds. The van der Waals surface area contributed by atoms with Gasteiger partial charge in [0.05, 0.1) is 18.3 Å². The molecule has 0 aromatic carbocycles. The van der Waals surface area contributed by atoms with E-state index in [2.05, 4.69) is 33.2 Å². The molecule has 0 N–H and O–H groups in total. The molecule has 0 radical (unpaired) electrons. The van der Waals surface area contributed by atoms with E-state index in [9.17, 15) is 0 Å². The fourth-order valence-corrected chi connectivity index (χ4v) is 2.76. The number of nitrogens with zero attached hydrogens (tertiary/aromatic N) is 4. The molecular formula is C11H16N4S. The minimum Gasteiger partial charge on any atom is -0.346 e. The molecule has 16 heavy (non-hydrogen) atoms. The third-order valence-corrected chi connectivity index (χ3v) is 3.79. The molecule has 1 aliphatic heterocycles. The Balaban J connectivity index is 1.91. The lowest BCUT2D eigenvalue weighted by Crippen LogP contribution is -2.46. The molecule has 0 aliphatic carbocycles. The van der Waals surface area contributed by atoms with Crippen molar-refractivity contribution in [2.45, 2.75) is 13.3 Å². The van der Waals surface area contributed by atoms with E-state index < -0.39 is 0 Å². The third-order valence-electron chi connectivity index (χ3n) is 2.84. The SMILES string of the molecule is CCc1csc(N2CCN(CC#N)CC2)n1. The van der Waals surface area contributed by atoms with Gasteiger partial charge in [0.25, 0.3) is 0 Å². The topological polar surface area (TPSA) is 43.2 Å². The molecule has 0 spiro atoms. The molecule has 2 heterocycles. The summed E-state index contributed by atoms with van der Waals surface area (Å²) in [7, 11) is 0. The van der Waals surface area contributed by atoms with E-state index in [-0.39, 0.29) is 0 Å². The zero-order valence-corrected chi connectivity index (χ0v) is 10.3. The van der Waals surface area contributed by atoms with Gasteiger partial charge in [-0.3, -0.25) is 4.90 Å². The van der Waals surface area contributed by atoms with Gasteiger partial charge in [-0.15, -0.1) is 11.3 Å². The van der Waals surface area contributed by atoms with Gasteiger partial charge < -0.3 is 4.90 Å². The van der Waals surface area contributed by atoms with Crippen LogP contribution in [0.1, 0.15) is 12.6 Å². The van der Waals surface area contributed by atoms with Gasteiger partial charge in [0.2, 0.25) is 0 Å². The van der Waals surface area contributed by atoms with E-state index in [1.165, 1.54) is 5.69 Å². The van der Waals surface area contributed by atoms with Crippen LogP contribution in [0.25, 0.3) is 0 Å². The number of aryl methyl sites for hydroxylation is 1. The number of thiazole rings is 1. The van der Waals surface area contributed by atoms with Crippen LogP contribution in [-0.4, -0.2) is 42.6 Å². The molecule has 0 saturated carbocycles. The fourth-order valence-electron chi connectivity index (χ4n) is 1.80. The summed E-state index contributed by atoms with van der Waals surface area (Å²) in [5.41, 5.74) is 1.18. The van der Waals surface area contributed by atoms with Crippen molar-refractivity contribution < 1.29 is 0 Å². The van der Waals surface area contributed by atoms with Crippen molar-refractivity contribution in [1.82, 2.24) is 9.88 Å². The molecule has 1 aromatic heterocycles. The first-order valence-corrected chi connectivity index (χ1v) is 6.50. The minimum absolute atomic E-state index is 0.548. The Bertz CT molecular complexity index is 374. The lowest BCUT2D eigenvalue weighted by molar-refractivity contribution is 0.287. The van der Waals surface area contributed by atoms with E-state index in [1.807, 2.05) is 0 Å². The number of hydrogen-bond acceptors (Lipinski definition) is 5. The van der Waals surface area contributed by atoms with Crippen molar-refractivity contribution in [3.8, 4) is 6.07 Å². The number of anilines is 1. The summed E-state index contributed by atoms with van der Waals surface area (Å²) in [5, 5.41) is 11.9. The number of nitriles is 1. The summed E-state index contributed by atoms with van der Waals surface area (Å²) in [4.78, 5) is 9.09. The molecule has 1 aromatic rings. The van der Waals surface area contributed by atoms with E-state index in [0.717, 1.165) is 37.7 Å². The van der Waals surface area contributed by atoms with Crippen molar-refractivity contribution in [2.24, 2.45) is 0 Å². The zero-order chi connectivity index (χ0) is 11.4. The first-order chi connectivity index (χ1) is 7.83. The number of rotatable bonds is 3. The van der Waals surface area contributed by atoms with Gasteiger partial charge >= 0.3 is 0 Å². The summed E-state index contributed by atoms with van der Waals surface area (Å²) >= 11 is 1.73. The smallest absolute Gasteiger partial charge is 0.185 e. The van der Waals surface area contributed by atoms with E-state index >= 15 is 0 Å². The average molecular weight is 236 g/mol. The number of hydrogen-bond donors (Lipinski definition) is 0. The quantitative estimate of drug-likeness (QED) is 0.743. The van der Waals surface area contributed by atoms with Crippen LogP contribution in [0.15, 0.2) is 5.38 Å². The Labute approximate surface area is 100 Å². The third kappa shape index (κ3) is 2.52. The highest BCUT2D eigenvalue weighted by Crippen LogP contribution is 2.21. The van der Waals surface area contributed by atoms with Crippen LogP contribution >= 0.6 is 11.3 Å². The van der Waals surface area contributed by atoms with Crippen molar-refractivity contribution in [2.75, 3.05) is 37.6 Å². The first kappa shape index (κ1) is 11.4. The summed E-state index contributed by atoms with van der Waals surface area (Å²) < 4.78 is 0. The van der Waals surface area contributed by atoms with Crippen molar-refractivity contribution >= 4 is 16.5 Å². The van der Waals surface area contributed by atoms with Crippen LogP contribution in [0.3, 0.4) is 0 Å². The predicted octanol–water partition coefficient (Wildman–Crippen LogP) is 1.35. The maximum Gasteiger partial charge on any atom is 0.185 e. The van der Waals surface area contributed by atoms with Gasteiger partial charge in [0.1, 0.15) is 0 Å². The maximum atomic E-state index is 8.62. The fraction of sp³-hybridized carbons (Fsp3) is 0.636. The zero-order valence-electron chi connectivity index (χ0n) is 9.52. The van der Waals surface area contributed by atoms with Crippen molar-refractivity contribution in [3.63, 3.8) is 0 Å². The molecule has 5 heteroatoms. The molecule has 4 nitrogen and oxygen atoms in total. The van der Waals surface area contributed by atoms with Gasteiger partial charge in [0, 0.05) is 31.6 Å². The molecule has 2 rings (SSSR count). The van der Waals surface area contributed by atoms with Crippen LogP contribution < -0.4 is 4.90 Å². The Hall–Kier alpha value is -1.12. The summed E-state index contributed by atoms with van der Waals surface area (Å²) in [5.74, 6) is 0. The second-order valence-electron chi connectivity index (χ2n) is 3.90. The average Bonchev–Trinajstić information content (AvgIpc) is 2.79. The van der Waals surface area contributed by atoms with Gasteiger partial charge in [-0.25, -0.2) is 4.98 Å². The highest BCUT2D eigenvalue weighted by atomic mass is 32.1. The molecule has 1 saturated heterocycles. The first-order valence-electron chi connectivity index (χ1n) is 5.62. The Morgan fingerprint density at radius 2 is 2.19 bits per heavy atom. The lowest BCUT2D eigenvalue weighted by atomic mass is 10.3. The predicted molar refractivity (Wildman–Crippen MR) is 65.8 cm³/mol. The summed E-state index contributed by atoms with van der Waals surface area (Å²) in [6, 6.07) is 2.20. The van der Waals surface area contributed by atoms with Crippen molar-refractivity contribution in [3.05, 3.63) is 11.1 Å². The molecule has 1 aliphatic rings. The Kier molecular flexibility index (Phi) is 3.75. The van der Waals surface area contributed by atoms with Crippen molar-refractivity contribution in [1.29, 1.82) is 5.26 Å². The second-order valence-corrected chi connectivity index (χ2v) is 4.73. The van der Waals surface area contributed by atoms with Gasteiger partial charge in [-0.1, -0.05) is 6.92 Å². The number of aromatic nitrogens is 1. The molecule has 1 fully saturated rings. The van der Waals surface area contributed by atoms with Gasteiger partial charge in [0.15, 0.2) is 5.13 Å². The summed E-state index contributed by atoms with van der Waals surface area (Å²) in [6.45, 7) is 6.58. The van der Waals surface area contributed by atoms with Gasteiger partial charge in [-0.05, 0) is 6.42 Å². The molecule has 0 bridgehead atoms. The highest BCUT2D eigenvalue weighted by Gasteiger charge is 2.18. The maximum absolute atomic E-state index is 8.62. The van der Waals surface area contributed by atoms with E-state index in [0.29, 0.717) is 6.54 Å². The van der Waals surface area contributed by atoms with E-state index in [4.69, 9.17) is 5.26 Å². The summed E-state index contributed by atoms with van der Waals surface area (Å²) in [6.07, 6.45) is 1.00. The monoisotopic (exact) mass is 236 g/mol. The second kappa shape index (κ2) is 5.28.